The number of aromatic nitrogens is 3. The minimum atomic E-state index is 0.223. The lowest BCUT2D eigenvalue weighted by molar-refractivity contribution is -0.123. The van der Waals surface area contributed by atoms with Gasteiger partial charge in [0.15, 0.2) is 0 Å². The van der Waals surface area contributed by atoms with Crippen LogP contribution in [0.5, 0.6) is 0 Å². The normalized spacial score (nSPS) is 20.9. The molecule has 29 heavy (non-hydrogen) atoms. The van der Waals surface area contributed by atoms with Crippen molar-refractivity contribution >= 4 is 27.5 Å². The highest BCUT2D eigenvalue weighted by molar-refractivity contribution is 7.18. The molecule has 3 aromatic rings. The van der Waals surface area contributed by atoms with E-state index in [0.29, 0.717) is 0 Å². The number of para-hydroxylation sites is 1. The first kappa shape index (κ1) is 18.8. The minimum Gasteiger partial charge on any atom is -0.356 e. The molecule has 1 aliphatic heterocycles. The van der Waals surface area contributed by atoms with Crippen molar-refractivity contribution in [3.8, 4) is 0 Å². The highest BCUT2D eigenvalue weighted by Crippen LogP contribution is 2.59. The molecule has 1 aromatic carbocycles. The van der Waals surface area contributed by atoms with Crippen molar-refractivity contribution in [1.29, 1.82) is 0 Å². The van der Waals surface area contributed by atoms with E-state index in [-0.39, 0.29) is 17.2 Å². The van der Waals surface area contributed by atoms with Gasteiger partial charge in [-0.05, 0) is 56.3 Å². The smallest absolute Gasteiger partial charge is 0.223 e. The number of nitrogens with zero attached hydrogens (tertiary/aromatic N) is 4. The fourth-order valence-corrected chi connectivity index (χ4v) is 5.63. The van der Waals surface area contributed by atoms with Gasteiger partial charge >= 0.3 is 0 Å². The van der Waals surface area contributed by atoms with E-state index in [1.165, 1.54) is 9.71 Å². The summed E-state index contributed by atoms with van der Waals surface area (Å²) < 4.78 is 3.31. The minimum absolute atomic E-state index is 0.223. The van der Waals surface area contributed by atoms with Crippen LogP contribution in [0.1, 0.15) is 30.7 Å². The second-order valence-corrected chi connectivity index (χ2v) is 9.53. The Bertz CT molecular complexity index is 941. The first-order chi connectivity index (χ1) is 14.2. The number of nitrogens with one attached hydrogen (secondary N) is 1. The molecule has 2 fully saturated rings. The number of carbonyl (C=O) groups excluding carboxylic acids is 1. The highest BCUT2D eigenvalue weighted by Gasteiger charge is 2.58. The Morgan fingerprint density at radius 2 is 2.14 bits per heavy atom. The molecule has 7 heteroatoms. The third-order valence-electron chi connectivity index (χ3n) is 6.51. The summed E-state index contributed by atoms with van der Waals surface area (Å²) in [6.45, 7) is 4.71. The van der Waals surface area contributed by atoms with Gasteiger partial charge in [-0.3, -0.25) is 9.69 Å². The van der Waals surface area contributed by atoms with E-state index in [2.05, 4.69) is 33.4 Å². The molecule has 3 heterocycles. The van der Waals surface area contributed by atoms with Gasteiger partial charge in [0, 0.05) is 31.4 Å². The van der Waals surface area contributed by atoms with E-state index in [1.54, 1.807) is 17.5 Å². The number of aryl methyl sites for hydroxylation is 1. The summed E-state index contributed by atoms with van der Waals surface area (Å²) >= 11 is 1.80. The van der Waals surface area contributed by atoms with Gasteiger partial charge in [0.2, 0.25) is 5.91 Å². The van der Waals surface area contributed by atoms with Crippen LogP contribution in [0.4, 0.5) is 0 Å². The summed E-state index contributed by atoms with van der Waals surface area (Å²) in [7, 11) is 0. The van der Waals surface area contributed by atoms with E-state index in [9.17, 15) is 4.79 Å². The molecular weight excluding hydrogens is 382 g/mol. The highest BCUT2D eigenvalue weighted by atomic mass is 32.1. The third kappa shape index (κ3) is 4.07. The molecule has 1 atom stereocenters. The lowest BCUT2D eigenvalue weighted by atomic mass is 9.90. The molecule has 1 spiro atoms. The summed E-state index contributed by atoms with van der Waals surface area (Å²) in [6, 6.07) is 8.35. The fourth-order valence-electron chi connectivity index (χ4n) is 4.62. The van der Waals surface area contributed by atoms with Gasteiger partial charge in [-0.1, -0.05) is 12.1 Å². The largest absolute Gasteiger partial charge is 0.356 e. The van der Waals surface area contributed by atoms with Crippen LogP contribution in [0.3, 0.4) is 0 Å². The predicted octanol–water partition coefficient (Wildman–Crippen LogP) is 3.30. The summed E-state index contributed by atoms with van der Waals surface area (Å²) in [4.78, 5) is 23.9. The van der Waals surface area contributed by atoms with E-state index in [0.717, 1.165) is 63.9 Å². The number of likely N-dealkylation sites (tertiary alicyclic amines) is 1. The quantitative estimate of drug-likeness (QED) is 0.608. The van der Waals surface area contributed by atoms with Crippen LogP contribution in [0, 0.1) is 11.3 Å². The van der Waals surface area contributed by atoms with Gasteiger partial charge in [-0.25, -0.2) is 9.97 Å². The van der Waals surface area contributed by atoms with E-state index in [4.69, 9.17) is 4.98 Å². The van der Waals surface area contributed by atoms with Gasteiger partial charge < -0.3 is 9.88 Å². The second-order valence-electron chi connectivity index (χ2n) is 8.42. The van der Waals surface area contributed by atoms with Crippen LogP contribution in [0.2, 0.25) is 0 Å². The Hall–Kier alpha value is -2.25. The maximum Gasteiger partial charge on any atom is 0.223 e. The van der Waals surface area contributed by atoms with Crippen LogP contribution in [-0.2, 0) is 17.9 Å². The lowest BCUT2D eigenvalue weighted by Crippen LogP contribution is -2.37. The van der Waals surface area contributed by atoms with Crippen LogP contribution in [0.15, 0.2) is 43.0 Å². The second kappa shape index (κ2) is 7.88. The molecule has 5 rings (SSSR count). The lowest BCUT2D eigenvalue weighted by Gasteiger charge is -2.32. The van der Waals surface area contributed by atoms with Gasteiger partial charge in [0.05, 0.1) is 23.1 Å². The van der Waals surface area contributed by atoms with Crippen molar-refractivity contribution in [3.63, 3.8) is 0 Å². The molecule has 1 saturated heterocycles. The molecule has 0 radical (unpaired) electrons. The maximum absolute atomic E-state index is 12.6. The summed E-state index contributed by atoms with van der Waals surface area (Å²) in [5.41, 5.74) is 1.37. The molecule has 2 aliphatic rings. The molecule has 1 N–H and O–H groups in total. The van der Waals surface area contributed by atoms with Crippen LogP contribution < -0.4 is 5.32 Å². The molecular formula is C22H27N5OS. The SMILES string of the molecule is O=C(NCCCn1ccnc1)C1CC12CCN(Cc1nc3ccccc3s1)CC2. The maximum atomic E-state index is 12.6. The first-order valence-corrected chi connectivity index (χ1v) is 11.3. The third-order valence-corrected chi connectivity index (χ3v) is 7.53. The Labute approximate surface area is 175 Å². The number of hydrogen-bond donors (Lipinski definition) is 1. The van der Waals surface area contributed by atoms with Crippen LogP contribution in [0.25, 0.3) is 10.2 Å². The van der Waals surface area contributed by atoms with Crippen molar-refractivity contribution in [2.24, 2.45) is 11.3 Å². The average Bonchev–Trinajstić information content (AvgIpc) is 3.09. The Balaban J connectivity index is 1.06. The number of benzene rings is 1. The number of fused-ring (bicyclic) bond motifs is 1. The summed E-state index contributed by atoms with van der Waals surface area (Å²) in [5, 5.41) is 4.35. The molecule has 2 aromatic heterocycles. The van der Waals surface area contributed by atoms with Crippen molar-refractivity contribution in [2.45, 2.75) is 38.8 Å². The van der Waals surface area contributed by atoms with E-state index >= 15 is 0 Å². The van der Waals surface area contributed by atoms with Gasteiger partial charge in [-0.15, -0.1) is 11.3 Å². The van der Waals surface area contributed by atoms with E-state index in [1.807, 2.05) is 23.2 Å². The van der Waals surface area contributed by atoms with E-state index < -0.39 is 0 Å². The van der Waals surface area contributed by atoms with Crippen molar-refractivity contribution < 1.29 is 4.79 Å². The Kier molecular flexibility index (Phi) is 5.09. The van der Waals surface area contributed by atoms with Gasteiger partial charge in [0.25, 0.3) is 0 Å². The zero-order chi connectivity index (χ0) is 19.7. The number of rotatable bonds is 7. The molecule has 1 unspecified atom stereocenters. The Morgan fingerprint density at radius 1 is 1.28 bits per heavy atom. The number of hydrogen-bond acceptors (Lipinski definition) is 5. The first-order valence-electron chi connectivity index (χ1n) is 10.5. The summed E-state index contributed by atoms with van der Waals surface area (Å²) in [6.07, 6.45) is 9.83. The van der Waals surface area contributed by atoms with Crippen molar-refractivity contribution in [3.05, 3.63) is 48.0 Å². The molecule has 1 aliphatic carbocycles. The van der Waals surface area contributed by atoms with Gasteiger partial charge in [0.1, 0.15) is 5.01 Å². The number of piperidine rings is 1. The number of imidazole rings is 1. The number of amides is 1. The molecule has 6 nitrogen and oxygen atoms in total. The molecule has 152 valence electrons. The zero-order valence-electron chi connectivity index (χ0n) is 16.6. The monoisotopic (exact) mass is 409 g/mol. The number of carbonyl (C=O) groups is 1. The Morgan fingerprint density at radius 3 is 2.93 bits per heavy atom. The zero-order valence-corrected chi connectivity index (χ0v) is 17.4. The van der Waals surface area contributed by atoms with Gasteiger partial charge in [-0.2, -0.15) is 0 Å². The predicted molar refractivity (Wildman–Crippen MR) is 115 cm³/mol. The molecule has 0 bridgehead atoms. The van der Waals surface area contributed by atoms with Crippen molar-refractivity contribution in [2.75, 3.05) is 19.6 Å². The standard InChI is InChI=1S/C22H27N5OS/c28-21(24-8-3-10-27-13-9-23-16-27)17-14-22(17)6-11-26(12-7-22)15-20-25-18-4-1-2-5-19(18)29-20/h1-2,4-5,9,13,16-17H,3,6-8,10-12,14-15H2,(H,24,28). The van der Waals surface area contributed by atoms with Crippen molar-refractivity contribution in [1.82, 2.24) is 24.8 Å². The topological polar surface area (TPSA) is 63.1 Å². The fraction of sp³-hybridized carbons (Fsp3) is 0.500. The van der Waals surface area contributed by atoms with Crippen LogP contribution in [-0.4, -0.2) is 45.0 Å². The number of thiazole rings is 1. The molecule has 1 amide bonds. The molecule has 1 saturated carbocycles. The average molecular weight is 410 g/mol. The van der Waals surface area contributed by atoms with Crippen LogP contribution >= 0.6 is 11.3 Å². The summed E-state index contributed by atoms with van der Waals surface area (Å²) in [5.74, 6) is 0.482.